The van der Waals surface area contributed by atoms with Gasteiger partial charge in [0.15, 0.2) is 6.10 Å². The van der Waals surface area contributed by atoms with Gasteiger partial charge in [0.25, 0.3) is 0 Å². The van der Waals surface area contributed by atoms with E-state index in [0.717, 1.165) is 55.3 Å². The molecule has 1 heterocycles. The van der Waals surface area contributed by atoms with Gasteiger partial charge in [0.1, 0.15) is 17.1 Å². The summed E-state index contributed by atoms with van der Waals surface area (Å²) in [5, 5.41) is 10.5. The smallest absolute Gasteiger partial charge is 0.344 e. The van der Waals surface area contributed by atoms with E-state index in [4.69, 9.17) is 9.15 Å². The summed E-state index contributed by atoms with van der Waals surface area (Å²) in [6.45, 7) is 2.14. The number of hydrogen-bond donors (Lipinski definition) is 1. The molecule has 3 rings (SSSR count). The second kappa shape index (κ2) is 7.73. The van der Waals surface area contributed by atoms with Gasteiger partial charge in [-0.1, -0.05) is 26.2 Å². The first-order valence-corrected chi connectivity index (χ1v) is 9.12. The molecule has 1 aliphatic carbocycles. The summed E-state index contributed by atoms with van der Waals surface area (Å²) in [7, 11) is 0. The van der Waals surface area contributed by atoms with E-state index in [2.05, 4.69) is 6.92 Å². The van der Waals surface area contributed by atoms with E-state index in [-0.39, 0.29) is 0 Å². The van der Waals surface area contributed by atoms with E-state index in [1.54, 1.807) is 0 Å². The molecule has 0 bridgehead atoms. The molecule has 0 radical (unpaired) electrons. The molecule has 2 aromatic rings. The minimum absolute atomic E-state index is 0.552. The summed E-state index contributed by atoms with van der Waals surface area (Å²) < 4.78 is 11.7. The van der Waals surface area contributed by atoms with Crippen LogP contribution in [-0.4, -0.2) is 17.2 Å². The monoisotopic (exact) mass is 330 g/mol. The van der Waals surface area contributed by atoms with Gasteiger partial charge in [0.2, 0.25) is 0 Å². The normalized spacial score (nSPS) is 15.2. The van der Waals surface area contributed by atoms with Gasteiger partial charge in [-0.15, -0.1) is 0 Å². The maximum atomic E-state index is 11.5. The van der Waals surface area contributed by atoms with Crippen molar-refractivity contribution >= 4 is 16.9 Å². The van der Waals surface area contributed by atoms with Crippen LogP contribution in [0.25, 0.3) is 11.0 Å². The number of aliphatic carboxylic acids is 1. The van der Waals surface area contributed by atoms with E-state index in [9.17, 15) is 9.90 Å². The molecule has 0 fully saturated rings. The molecule has 1 aromatic carbocycles. The Morgan fingerprint density at radius 3 is 2.88 bits per heavy atom. The van der Waals surface area contributed by atoms with Crippen molar-refractivity contribution in [3.8, 4) is 5.75 Å². The second-order valence-corrected chi connectivity index (χ2v) is 6.66. The van der Waals surface area contributed by atoms with Crippen LogP contribution in [0.5, 0.6) is 5.75 Å². The van der Waals surface area contributed by atoms with Crippen LogP contribution in [0.1, 0.15) is 63.2 Å². The average Bonchev–Trinajstić information content (AvgIpc) is 2.95. The number of aryl methyl sites for hydroxylation is 2. The van der Waals surface area contributed by atoms with E-state index in [1.165, 1.54) is 18.4 Å². The Hall–Kier alpha value is -1.97. The Balaban J connectivity index is 1.74. The molecule has 1 aromatic heterocycles. The van der Waals surface area contributed by atoms with Crippen LogP contribution in [0.4, 0.5) is 0 Å². The molecule has 130 valence electrons. The van der Waals surface area contributed by atoms with Crippen LogP contribution in [0.3, 0.4) is 0 Å². The SMILES string of the molecule is CCCCCCC(Oc1ccc2oc3c(c2c1)CCCC3)C(=O)O. The van der Waals surface area contributed by atoms with Gasteiger partial charge in [0.05, 0.1) is 0 Å². The van der Waals surface area contributed by atoms with Crippen LogP contribution in [-0.2, 0) is 17.6 Å². The molecule has 0 aliphatic heterocycles. The van der Waals surface area contributed by atoms with Gasteiger partial charge in [-0.25, -0.2) is 4.79 Å². The van der Waals surface area contributed by atoms with Crippen molar-refractivity contribution in [3.05, 3.63) is 29.5 Å². The standard InChI is InChI=1S/C20H26O4/c1-2-3-4-5-10-19(20(21)22)23-14-11-12-18-16(13-14)15-8-6-7-9-17(15)24-18/h11-13,19H,2-10H2,1H3,(H,21,22). The summed E-state index contributed by atoms with van der Waals surface area (Å²) in [4.78, 5) is 11.5. The Labute approximate surface area is 142 Å². The summed E-state index contributed by atoms with van der Waals surface area (Å²) >= 11 is 0. The predicted octanol–water partition coefficient (Wildman–Crippen LogP) is 5.11. The fourth-order valence-electron chi connectivity index (χ4n) is 3.47. The molecular formula is C20H26O4. The fourth-order valence-corrected chi connectivity index (χ4v) is 3.47. The van der Waals surface area contributed by atoms with E-state index in [0.29, 0.717) is 12.2 Å². The highest BCUT2D eigenvalue weighted by Crippen LogP contribution is 2.34. The maximum Gasteiger partial charge on any atom is 0.344 e. The zero-order valence-electron chi connectivity index (χ0n) is 14.3. The molecule has 0 amide bonds. The van der Waals surface area contributed by atoms with Crippen molar-refractivity contribution in [1.82, 2.24) is 0 Å². The second-order valence-electron chi connectivity index (χ2n) is 6.66. The third-order valence-corrected chi connectivity index (χ3v) is 4.80. The molecule has 1 N–H and O–H groups in total. The van der Waals surface area contributed by atoms with Crippen LogP contribution < -0.4 is 4.74 Å². The molecule has 0 saturated heterocycles. The molecule has 24 heavy (non-hydrogen) atoms. The first-order valence-electron chi connectivity index (χ1n) is 9.12. The number of carboxylic acids is 1. The number of hydrogen-bond acceptors (Lipinski definition) is 3. The Bertz CT molecular complexity index is 701. The highest BCUT2D eigenvalue weighted by Gasteiger charge is 2.21. The average molecular weight is 330 g/mol. The Kier molecular flexibility index (Phi) is 5.44. The van der Waals surface area contributed by atoms with Crippen molar-refractivity contribution < 1.29 is 19.1 Å². The number of rotatable bonds is 8. The summed E-state index contributed by atoms with van der Waals surface area (Å²) in [6, 6.07) is 5.67. The number of fused-ring (bicyclic) bond motifs is 3. The highest BCUT2D eigenvalue weighted by molar-refractivity contribution is 5.84. The summed E-state index contributed by atoms with van der Waals surface area (Å²) in [6.07, 6.45) is 8.38. The van der Waals surface area contributed by atoms with Crippen LogP contribution >= 0.6 is 0 Å². The van der Waals surface area contributed by atoms with Crippen molar-refractivity contribution in [3.63, 3.8) is 0 Å². The number of unbranched alkanes of at least 4 members (excludes halogenated alkanes) is 3. The van der Waals surface area contributed by atoms with Crippen molar-refractivity contribution in [2.75, 3.05) is 0 Å². The van der Waals surface area contributed by atoms with Crippen molar-refractivity contribution in [2.24, 2.45) is 0 Å². The van der Waals surface area contributed by atoms with Crippen LogP contribution in [0, 0.1) is 0 Å². The van der Waals surface area contributed by atoms with E-state index >= 15 is 0 Å². The highest BCUT2D eigenvalue weighted by atomic mass is 16.5. The molecule has 1 unspecified atom stereocenters. The molecular weight excluding hydrogens is 304 g/mol. The molecule has 4 nitrogen and oxygen atoms in total. The first kappa shape index (κ1) is 16.9. The Morgan fingerprint density at radius 2 is 2.08 bits per heavy atom. The largest absolute Gasteiger partial charge is 0.479 e. The number of furan rings is 1. The molecule has 1 aliphatic rings. The fraction of sp³-hybridized carbons (Fsp3) is 0.550. The zero-order chi connectivity index (χ0) is 16.9. The third kappa shape index (κ3) is 3.74. The third-order valence-electron chi connectivity index (χ3n) is 4.80. The lowest BCUT2D eigenvalue weighted by Gasteiger charge is -2.15. The van der Waals surface area contributed by atoms with Gasteiger partial charge < -0.3 is 14.3 Å². The number of benzene rings is 1. The van der Waals surface area contributed by atoms with Gasteiger partial charge in [0, 0.05) is 17.4 Å². The molecule has 4 heteroatoms. The minimum atomic E-state index is -0.888. The topological polar surface area (TPSA) is 59.7 Å². The van der Waals surface area contributed by atoms with Gasteiger partial charge in [-0.3, -0.25) is 0 Å². The van der Waals surface area contributed by atoms with E-state index < -0.39 is 12.1 Å². The molecule has 0 saturated carbocycles. The van der Waals surface area contributed by atoms with E-state index in [1.807, 2.05) is 18.2 Å². The Morgan fingerprint density at radius 1 is 1.25 bits per heavy atom. The molecule has 1 atom stereocenters. The molecule has 0 spiro atoms. The lowest BCUT2D eigenvalue weighted by atomic mass is 9.96. The van der Waals surface area contributed by atoms with Gasteiger partial charge in [-0.2, -0.15) is 0 Å². The lowest BCUT2D eigenvalue weighted by molar-refractivity contribution is -0.145. The lowest BCUT2D eigenvalue weighted by Crippen LogP contribution is -2.26. The summed E-state index contributed by atoms with van der Waals surface area (Å²) in [5.41, 5.74) is 2.15. The van der Waals surface area contributed by atoms with Crippen molar-refractivity contribution in [2.45, 2.75) is 70.8 Å². The predicted molar refractivity (Wildman–Crippen MR) is 93.7 cm³/mol. The van der Waals surface area contributed by atoms with Gasteiger partial charge in [-0.05, 0) is 50.3 Å². The van der Waals surface area contributed by atoms with Crippen LogP contribution in [0.15, 0.2) is 22.6 Å². The maximum absolute atomic E-state index is 11.5. The quantitative estimate of drug-likeness (QED) is 0.683. The van der Waals surface area contributed by atoms with Crippen LogP contribution in [0.2, 0.25) is 0 Å². The minimum Gasteiger partial charge on any atom is -0.479 e. The van der Waals surface area contributed by atoms with Gasteiger partial charge >= 0.3 is 5.97 Å². The first-order chi connectivity index (χ1) is 11.7. The summed E-state index contributed by atoms with van der Waals surface area (Å²) in [5.74, 6) is 0.822. The number of ether oxygens (including phenoxy) is 1. The zero-order valence-corrected chi connectivity index (χ0v) is 14.3. The van der Waals surface area contributed by atoms with Crippen molar-refractivity contribution in [1.29, 1.82) is 0 Å². The number of carbonyl (C=O) groups is 1. The number of carboxylic acid groups (broad SMARTS) is 1.